The van der Waals surface area contributed by atoms with E-state index in [1.165, 1.54) is 0 Å². The molecular weight excluding hydrogens is 216 g/mol. The zero-order chi connectivity index (χ0) is 12.4. The Bertz CT molecular complexity index is 550. The Kier molecular flexibility index (Phi) is 2.78. The van der Waals surface area contributed by atoms with E-state index in [1.807, 2.05) is 32.0 Å². The Balaban J connectivity index is 2.36. The predicted molar refractivity (Wildman–Crippen MR) is 67.5 cm³/mol. The van der Waals surface area contributed by atoms with Crippen molar-refractivity contribution in [1.82, 2.24) is 10.2 Å². The number of nitrogens with two attached hydrogens (primary N) is 2. The molecule has 0 saturated carbocycles. The molecule has 0 spiro atoms. The number of anilines is 2. The Morgan fingerprint density at radius 3 is 2.59 bits per heavy atom. The maximum Gasteiger partial charge on any atom is 0.175 e. The van der Waals surface area contributed by atoms with Crippen LogP contribution in [0.5, 0.6) is 0 Å². The fourth-order valence-corrected chi connectivity index (χ4v) is 1.42. The summed E-state index contributed by atoms with van der Waals surface area (Å²) < 4.78 is 0. The summed E-state index contributed by atoms with van der Waals surface area (Å²) in [5, 5.41) is 14.4. The second-order valence-electron chi connectivity index (χ2n) is 3.79. The topological polar surface area (TPSA) is 105 Å². The summed E-state index contributed by atoms with van der Waals surface area (Å²) in [5.41, 5.74) is 14.6. The number of aryl methyl sites for hydroxylation is 1. The lowest BCUT2D eigenvalue weighted by Gasteiger charge is -2.01. The van der Waals surface area contributed by atoms with E-state index in [-0.39, 0.29) is 5.82 Å². The van der Waals surface area contributed by atoms with Crippen LogP contribution in [0.15, 0.2) is 28.4 Å². The molecule has 88 valence electrons. The highest BCUT2D eigenvalue weighted by Gasteiger charge is 2.06. The molecule has 5 N–H and O–H groups in total. The van der Waals surface area contributed by atoms with Gasteiger partial charge in [0, 0.05) is 0 Å². The molecule has 6 nitrogen and oxygen atoms in total. The lowest BCUT2D eigenvalue weighted by Crippen LogP contribution is -1.85. The lowest BCUT2D eigenvalue weighted by atomic mass is 10.1. The van der Waals surface area contributed by atoms with E-state index in [0.717, 1.165) is 16.8 Å². The molecule has 0 aliphatic rings. The monoisotopic (exact) mass is 230 g/mol. The third-order valence-corrected chi connectivity index (χ3v) is 2.63. The van der Waals surface area contributed by atoms with Crippen LogP contribution < -0.4 is 11.5 Å². The Hall–Kier alpha value is -2.37. The number of aromatic nitrogens is 2. The van der Waals surface area contributed by atoms with Crippen molar-refractivity contribution in [1.29, 1.82) is 0 Å². The van der Waals surface area contributed by atoms with Crippen molar-refractivity contribution in [2.24, 2.45) is 10.2 Å². The van der Waals surface area contributed by atoms with Gasteiger partial charge in [-0.25, -0.2) is 0 Å². The van der Waals surface area contributed by atoms with Gasteiger partial charge in [-0.15, -0.1) is 5.11 Å². The number of hydrogen-bond acceptors (Lipinski definition) is 5. The molecule has 2 aromatic rings. The smallest absolute Gasteiger partial charge is 0.175 e. The van der Waals surface area contributed by atoms with Gasteiger partial charge in [0.2, 0.25) is 0 Å². The van der Waals surface area contributed by atoms with Crippen molar-refractivity contribution in [3.8, 4) is 0 Å². The van der Waals surface area contributed by atoms with Crippen molar-refractivity contribution in [3.63, 3.8) is 0 Å². The Morgan fingerprint density at radius 2 is 1.94 bits per heavy atom. The third-order valence-electron chi connectivity index (χ3n) is 2.63. The molecule has 1 aromatic heterocycles. The standard InChI is InChI=1S/C11H14N6/c1-6-4-3-5-8(7(6)2)14-15-9-10(12)16-17-11(9)13/h3-5H,1-2H3,(H5,12,13,16,17). The molecule has 17 heavy (non-hydrogen) atoms. The second kappa shape index (κ2) is 4.25. The summed E-state index contributed by atoms with van der Waals surface area (Å²) in [5.74, 6) is 0.563. The summed E-state index contributed by atoms with van der Waals surface area (Å²) in [4.78, 5) is 0. The van der Waals surface area contributed by atoms with Crippen molar-refractivity contribution in [3.05, 3.63) is 29.3 Å². The summed E-state index contributed by atoms with van der Waals surface area (Å²) in [6.07, 6.45) is 0. The van der Waals surface area contributed by atoms with Crippen molar-refractivity contribution in [2.75, 3.05) is 11.5 Å². The average molecular weight is 230 g/mol. The first kappa shape index (κ1) is 11.1. The molecule has 2 rings (SSSR count). The average Bonchev–Trinajstić information content (AvgIpc) is 2.62. The number of nitrogens with zero attached hydrogens (tertiary/aromatic N) is 3. The third kappa shape index (κ3) is 2.10. The molecule has 0 saturated heterocycles. The van der Waals surface area contributed by atoms with Crippen LogP contribution in [0.25, 0.3) is 0 Å². The number of rotatable bonds is 2. The molecule has 0 amide bonds. The van der Waals surface area contributed by atoms with E-state index in [2.05, 4.69) is 20.4 Å². The first-order chi connectivity index (χ1) is 8.09. The first-order valence-electron chi connectivity index (χ1n) is 5.17. The van der Waals surface area contributed by atoms with Crippen LogP contribution in [-0.2, 0) is 0 Å². The van der Waals surface area contributed by atoms with Gasteiger partial charge in [-0.05, 0) is 31.0 Å². The van der Waals surface area contributed by atoms with Crippen molar-refractivity contribution in [2.45, 2.75) is 13.8 Å². The van der Waals surface area contributed by atoms with Gasteiger partial charge in [-0.3, -0.25) is 5.10 Å². The molecule has 1 aromatic carbocycles. The summed E-state index contributed by atoms with van der Waals surface area (Å²) in [7, 11) is 0. The maximum atomic E-state index is 5.62. The van der Waals surface area contributed by atoms with E-state index in [4.69, 9.17) is 11.5 Å². The zero-order valence-corrected chi connectivity index (χ0v) is 9.73. The highest BCUT2D eigenvalue weighted by Crippen LogP contribution is 2.29. The molecule has 1 heterocycles. The Morgan fingerprint density at radius 1 is 1.18 bits per heavy atom. The van der Waals surface area contributed by atoms with E-state index in [0.29, 0.717) is 11.5 Å². The molecule has 0 aliphatic heterocycles. The largest absolute Gasteiger partial charge is 0.382 e. The van der Waals surface area contributed by atoms with E-state index in [1.54, 1.807) is 0 Å². The fraction of sp³-hybridized carbons (Fsp3) is 0.182. The van der Waals surface area contributed by atoms with Gasteiger partial charge >= 0.3 is 0 Å². The van der Waals surface area contributed by atoms with Crippen LogP contribution in [0, 0.1) is 13.8 Å². The van der Waals surface area contributed by atoms with Crippen LogP contribution in [0.4, 0.5) is 23.0 Å². The number of benzene rings is 1. The number of H-pyrrole nitrogens is 1. The SMILES string of the molecule is Cc1cccc(N=Nc2c(N)n[nH]c2N)c1C. The van der Waals surface area contributed by atoms with Gasteiger partial charge in [-0.2, -0.15) is 10.2 Å². The van der Waals surface area contributed by atoms with Gasteiger partial charge in [0.15, 0.2) is 11.5 Å². The molecule has 0 atom stereocenters. The van der Waals surface area contributed by atoms with E-state index < -0.39 is 0 Å². The minimum atomic E-state index is 0.247. The number of nitrogen functional groups attached to an aromatic ring is 2. The van der Waals surface area contributed by atoms with Gasteiger partial charge < -0.3 is 11.5 Å². The van der Waals surface area contributed by atoms with Gasteiger partial charge in [0.1, 0.15) is 5.82 Å². The minimum absolute atomic E-state index is 0.247. The van der Waals surface area contributed by atoms with Crippen LogP contribution in [0.2, 0.25) is 0 Å². The predicted octanol–water partition coefficient (Wildman–Crippen LogP) is 2.61. The van der Waals surface area contributed by atoms with E-state index >= 15 is 0 Å². The number of aromatic amines is 1. The number of hydrogen-bond donors (Lipinski definition) is 3. The highest BCUT2D eigenvalue weighted by atomic mass is 15.2. The van der Waals surface area contributed by atoms with Crippen LogP contribution in [-0.4, -0.2) is 10.2 Å². The van der Waals surface area contributed by atoms with Gasteiger partial charge in [0.05, 0.1) is 5.69 Å². The first-order valence-corrected chi connectivity index (χ1v) is 5.17. The summed E-state index contributed by atoms with van der Waals surface area (Å²) in [6.45, 7) is 4.01. The zero-order valence-electron chi connectivity index (χ0n) is 9.73. The number of nitrogens with one attached hydrogen (secondary N) is 1. The van der Waals surface area contributed by atoms with Gasteiger partial charge in [0.25, 0.3) is 0 Å². The Labute approximate surface area is 98.7 Å². The van der Waals surface area contributed by atoms with Crippen LogP contribution in [0.1, 0.15) is 11.1 Å². The molecule has 0 aliphatic carbocycles. The van der Waals surface area contributed by atoms with Crippen molar-refractivity contribution < 1.29 is 0 Å². The summed E-state index contributed by atoms with van der Waals surface area (Å²) in [6, 6.07) is 5.84. The molecule has 6 heteroatoms. The van der Waals surface area contributed by atoms with Crippen LogP contribution in [0.3, 0.4) is 0 Å². The molecule has 0 radical (unpaired) electrons. The lowest BCUT2D eigenvalue weighted by molar-refractivity contribution is 1.11. The quantitative estimate of drug-likeness (QED) is 0.690. The number of azo groups is 1. The van der Waals surface area contributed by atoms with Crippen LogP contribution >= 0.6 is 0 Å². The second-order valence-corrected chi connectivity index (χ2v) is 3.79. The fourth-order valence-electron chi connectivity index (χ4n) is 1.42. The molecule has 0 bridgehead atoms. The molecular formula is C11H14N6. The molecule has 0 unspecified atom stereocenters. The highest BCUT2D eigenvalue weighted by molar-refractivity contribution is 5.70. The summed E-state index contributed by atoms with van der Waals surface area (Å²) >= 11 is 0. The minimum Gasteiger partial charge on any atom is -0.382 e. The normalized spacial score (nSPS) is 11.2. The van der Waals surface area contributed by atoms with E-state index in [9.17, 15) is 0 Å². The van der Waals surface area contributed by atoms with Gasteiger partial charge in [-0.1, -0.05) is 12.1 Å². The maximum absolute atomic E-state index is 5.62. The molecule has 0 fully saturated rings. The van der Waals surface area contributed by atoms with Crippen molar-refractivity contribution >= 4 is 23.0 Å².